The number of amides is 3. The highest BCUT2D eigenvalue weighted by molar-refractivity contribution is 7.98. The van der Waals surface area contributed by atoms with Gasteiger partial charge in [0.25, 0.3) is 0 Å². The van der Waals surface area contributed by atoms with Gasteiger partial charge in [-0.1, -0.05) is 0 Å². The van der Waals surface area contributed by atoms with Crippen LogP contribution in [0.4, 0.5) is 0 Å². The number of carboxylic acids is 2. The molecule has 0 aromatic heterocycles. The molecule has 0 aliphatic heterocycles. The molecule has 0 radical (unpaired) electrons. The van der Waals surface area contributed by atoms with Gasteiger partial charge in [0.1, 0.15) is 18.1 Å². The van der Waals surface area contributed by atoms with E-state index in [0.29, 0.717) is 25.1 Å². The van der Waals surface area contributed by atoms with Crippen molar-refractivity contribution in [2.75, 3.05) is 18.6 Å². The second kappa shape index (κ2) is 16.3. The van der Waals surface area contributed by atoms with Crippen molar-refractivity contribution in [2.24, 2.45) is 11.5 Å². The molecule has 13 heteroatoms. The molecule has 0 saturated heterocycles. The molecule has 0 spiro atoms. The fraction of sp³-hybridized carbons (Fsp3) is 0.737. The van der Waals surface area contributed by atoms with Crippen LogP contribution in [-0.4, -0.2) is 82.6 Å². The van der Waals surface area contributed by atoms with E-state index in [1.165, 1.54) is 18.7 Å². The lowest BCUT2D eigenvalue weighted by molar-refractivity contribution is -0.142. The highest BCUT2D eigenvalue weighted by Gasteiger charge is 2.29. The third-order valence-electron chi connectivity index (χ3n) is 4.50. The summed E-state index contributed by atoms with van der Waals surface area (Å²) < 4.78 is 0. The quantitative estimate of drug-likeness (QED) is 0.122. The first-order chi connectivity index (χ1) is 15.0. The molecule has 4 atom stereocenters. The van der Waals surface area contributed by atoms with Crippen LogP contribution in [0.2, 0.25) is 0 Å². The number of carbonyl (C=O) groups excluding carboxylic acids is 3. The summed E-state index contributed by atoms with van der Waals surface area (Å²) in [7, 11) is 0. The molecule has 0 aliphatic rings. The minimum Gasteiger partial charge on any atom is -0.481 e. The maximum atomic E-state index is 12.7. The predicted molar refractivity (Wildman–Crippen MR) is 120 cm³/mol. The Morgan fingerprint density at radius 1 is 0.844 bits per heavy atom. The van der Waals surface area contributed by atoms with Crippen molar-refractivity contribution >= 4 is 41.4 Å². The molecule has 4 unspecified atom stereocenters. The van der Waals surface area contributed by atoms with E-state index in [1.807, 2.05) is 6.26 Å². The van der Waals surface area contributed by atoms with Gasteiger partial charge in [-0.2, -0.15) is 11.8 Å². The molecule has 0 aliphatic carbocycles. The summed E-state index contributed by atoms with van der Waals surface area (Å²) in [6.45, 7) is 1.81. The van der Waals surface area contributed by atoms with Crippen LogP contribution in [-0.2, 0) is 24.0 Å². The highest BCUT2D eigenvalue weighted by Crippen LogP contribution is 2.07. The van der Waals surface area contributed by atoms with Gasteiger partial charge in [-0.3, -0.25) is 19.2 Å². The van der Waals surface area contributed by atoms with Crippen LogP contribution in [0.25, 0.3) is 0 Å². The molecular formula is C19H35N5O7S. The highest BCUT2D eigenvalue weighted by atomic mass is 32.2. The van der Waals surface area contributed by atoms with Crippen LogP contribution >= 0.6 is 11.8 Å². The number of hydrogen-bond donors (Lipinski definition) is 7. The molecule has 0 heterocycles. The Hall–Kier alpha value is -2.38. The molecule has 0 rings (SSSR count). The smallest absolute Gasteiger partial charge is 0.326 e. The second-order valence-electron chi connectivity index (χ2n) is 7.31. The molecule has 0 bridgehead atoms. The van der Waals surface area contributed by atoms with Crippen LogP contribution < -0.4 is 27.4 Å². The average Bonchev–Trinajstić information content (AvgIpc) is 2.72. The molecule has 0 aromatic rings. The Morgan fingerprint density at radius 3 is 1.84 bits per heavy atom. The normalized spacial score (nSPS) is 14.5. The third-order valence-corrected chi connectivity index (χ3v) is 5.14. The van der Waals surface area contributed by atoms with Crippen molar-refractivity contribution < 1.29 is 34.2 Å². The standard InChI is InChI=1S/C19H35N5O7S/c1-11(21)16(27)22-12(6-7-15(25)26)17(28)23-13(8-10-32-2)18(29)24-14(19(30)31)5-3-4-9-20/h11-14H,3-10,20-21H2,1-2H3,(H,22,27)(H,23,28)(H,24,29)(H,25,26)(H,30,31). The molecule has 0 fully saturated rings. The van der Waals surface area contributed by atoms with Gasteiger partial charge in [0.2, 0.25) is 17.7 Å². The molecule has 9 N–H and O–H groups in total. The summed E-state index contributed by atoms with van der Waals surface area (Å²) in [5.41, 5.74) is 10.9. The third kappa shape index (κ3) is 12.5. The lowest BCUT2D eigenvalue weighted by Crippen LogP contribution is -2.57. The van der Waals surface area contributed by atoms with Crippen molar-refractivity contribution in [3.63, 3.8) is 0 Å². The first kappa shape index (κ1) is 29.6. The van der Waals surface area contributed by atoms with Crippen LogP contribution in [0.15, 0.2) is 0 Å². The number of unbranched alkanes of at least 4 members (excludes halogenated alkanes) is 1. The summed E-state index contributed by atoms with van der Waals surface area (Å²) in [5, 5.41) is 25.6. The van der Waals surface area contributed by atoms with Gasteiger partial charge >= 0.3 is 11.9 Å². The summed E-state index contributed by atoms with van der Waals surface area (Å²) in [6, 6.07) is -4.33. The van der Waals surface area contributed by atoms with Crippen molar-refractivity contribution in [3.8, 4) is 0 Å². The lowest BCUT2D eigenvalue weighted by Gasteiger charge is -2.24. The Bertz CT molecular complexity index is 648. The lowest BCUT2D eigenvalue weighted by atomic mass is 10.1. The summed E-state index contributed by atoms with van der Waals surface area (Å²) in [5.74, 6) is -3.94. The van der Waals surface area contributed by atoms with E-state index < -0.39 is 53.8 Å². The SMILES string of the molecule is CSCCC(NC(=O)C(CCC(=O)O)NC(=O)C(C)N)C(=O)NC(CCCCN)C(=O)O. The summed E-state index contributed by atoms with van der Waals surface area (Å²) in [4.78, 5) is 59.8. The Labute approximate surface area is 191 Å². The summed E-state index contributed by atoms with van der Waals surface area (Å²) in [6.07, 6.45) is 2.73. The number of hydrogen-bond acceptors (Lipinski definition) is 8. The van der Waals surface area contributed by atoms with E-state index >= 15 is 0 Å². The largest absolute Gasteiger partial charge is 0.481 e. The Morgan fingerprint density at radius 2 is 1.38 bits per heavy atom. The predicted octanol–water partition coefficient (Wildman–Crippen LogP) is -1.38. The monoisotopic (exact) mass is 477 g/mol. The zero-order valence-corrected chi connectivity index (χ0v) is 19.3. The number of thioether (sulfide) groups is 1. The van der Waals surface area contributed by atoms with Gasteiger partial charge in [-0.25, -0.2) is 4.79 Å². The number of carbonyl (C=O) groups is 5. The fourth-order valence-corrected chi connectivity index (χ4v) is 3.11. The molecule has 0 saturated carbocycles. The van der Waals surface area contributed by atoms with Gasteiger partial charge in [-0.15, -0.1) is 0 Å². The van der Waals surface area contributed by atoms with E-state index in [9.17, 15) is 29.1 Å². The first-order valence-electron chi connectivity index (χ1n) is 10.3. The Kier molecular flexibility index (Phi) is 15.1. The zero-order valence-electron chi connectivity index (χ0n) is 18.5. The number of nitrogens with one attached hydrogen (secondary N) is 3. The number of aliphatic carboxylic acids is 2. The van der Waals surface area contributed by atoms with Crippen LogP contribution in [0, 0.1) is 0 Å². The number of rotatable bonds is 17. The fourth-order valence-electron chi connectivity index (χ4n) is 2.64. The van der Waals surface area contributed by atoms with Gasteiger partial charge in [0, 0.05) is 6.42 Å². The van der Waals surface area contributed by atoms with E-state index in [2.05, 4.69) is 16.0 Å². The zero-order chi connectivity index (χ0) is 24.7. The van der Waals surface area contributed by atoms with Gasteiger partial charge in [0.05, 0.1) is 6.04 Å². The molecular weight excluding hydrogens is 442 g/mol. The van der Waals surface area contributed by atoms with E-state index in [1.54, 1.807) is 0 Å². The topological polar surface area (TPSA) is 214 Å². The number of carboxylic acid groups (broad SMARTS) is 2. The van der Waals surface area contributed by atoms with Gasteiger partial charge in [0.15, 0.2) is 0 Å². The average molecular weight is 478 g/mol. The second-order valence-corrected chi connectivity index (χ2v) is 8.29. The van der Waals surface area contributed by atoms with Crippen LogP contribution in [0.1, 0.15) is 45.4 Å². The van der Waals surface area contributed by atoms with Crippen LogP contribution in [0.3, 0.4) is 0 Å². The van der Waals surface area contributed by atoms with Crippen molar-refractivity contribution in [3.05, 3.63) is 0 Å². The van der Waals surface area contributed by atoms with Crippen LogP contribution in [0.5, 0.6) is 0 Å². The molecule has 184 valence electrons. The molecule has 32 heavy (non-hydrogen) atoms. The maximum absolute atomic E-state index is 12.7. The van der Waals surface area contributed by atoms with Crippen molar-refractivity contribution in [1.29, 1.82) is 0 Å². The van der Waals surface area contributed by atoms with E-state index in [-0.39, 0.29) is 25.7 Å². The van der Waals surface area contributed by atoms with Crippen molar-refractivity contribution in [2.45, 2.75) is 69.6 Å². The van der Waals surface area contributed by atoms with E-state index in [4.69, 9.17) is 16.6 Å². The first-order valence-corrected chi connectivity index (χ1v) is 11.7. The minimum atomic E-state index is -1.21. The van der Waals surface area contributed by atoms with Gasteiger partial charge in [-0.05, 0) is 57.6 Å². The summed E-state index contributed by atoms with van der Waals surface area (Å²) >= 11 is 1.43. The molecule has 0 aromatic carbocycles. The minimum absolute atomic E-state index is 0.188. The van der Waals surface area contributed by atoms with Crippen molar-refractivity contribution in [1.82, 2.24) is 16.0 Å². The molecule has 3 amide bonds. The maximum Gasteiger partial charge on any atom is 0.326 e. The Balaban J connectivity index is 5.35. The number of nitrogens with two attached hydrogens (primary N) is 2. The van der Waals surface area contributed by atoms with E-state index in [0.717, 1.165) is 0 Å². The molecule has 12 nitrogen and oxygen atoms in total. The van der Waals surface area contributed by atoms with Gasteiger partial charge < -0.3 is 37.6 Å².